The van der Waals surface area contributed by atoms with Gasteiger partial charge in [0, 0.05) is 21.8 Å². The third-order valence-corrected chi connectivity index (χ3v) is 4.42. The van der Waals surface area contributed by atoms with E-state index < -0.39 is 0 Å². The number of hydrogen-bond donors (Lipinski definition) is 1. The second kappa shape index (κ2) is 5.33. The van der Waals surface area contributed by atoms with Gasteiger partial charge in [0.1, 0.15) is 0 Å². The summed E-state index contributed by atoms with van der Waals surface area (Å²) >= 11 is 1.74. The highest BCUT2D eigenvalue weighted by Gasteiger charge is 2.17. The normalized spacial score (nSPS) is 12.6. The number of Topliss-reactive ketones (excluding diaryl/α,β-unsaturated/α-hetero) is 1. The van der Waals surface area contributed by atoms with Crippen molar-refractivity contribution in [2.24, 2.45) is 5.92 Å². The number of anilines is 2. The zero-order valence-corrected chi connectivity index (χ0v) is 12.5. The van der Waals surface area contributed by atoms with Crippen LogP contribution in [-0.2, 0) is 0 Å². The number of ketones is 1. The van der Waals surface area contributed by atoms with Crippen molar-refractivity contribution in [3.63, 3.8) is 0 Å². The van der Waals surface area contributed by atoms with Crippen LogP contribution in [0.15, 0.2) is 52.3 Å². The van der Waals surface area contributed by atoms with E-state index in [0.717, 1.165) is 16.9 Å². The predicted molar refractivity (Wildman–Crippen MR) is 84.1 cm³/mol. The summed E-state index contributed by atoms with van der Waals surface area (Å²) in [6.45, 7) is 4.14. The van der Waals surface area contributed by atoms with Gasteiger partial charge < -0.3 is 5.32 Å². The number of nitrogens with one attached hydrogen (secondary N) is 1. The minimum Gasteiger partial charge on any atom is -0.354 e. The van der Waals surface area contributed by atoms with Crippen LogP contribution in [0.3, 0.4) is 0 Å². The average Bonchev–Trinajstić information content (AvgIpc) is 2.43. The summed E-state index contributed by atoms with van der Waals surface area (Å²) in [6, 6.07) is 14.2. The van der Waals surface area contributed by atoms with Crippen LogP contribution in [-0.4, -0.2) is 5.78 Å². The molecule has 0 fully saturated rings. The number of rotatable bonds is 3. The first-order valence-electron chi connectivity index (χ1n) is 6.84. The zero-order chi connectivity index (χ0) is 14.1. The monoisotopic (exact) mass is 283 g/mol. The van der Waals surface area contributed by atoms with Crippen LogP contribution >= 0.6 is 11.8 Å². The SMILES string of the molecule is CC(C)CC(=O)c1ccc2c(c1)Nc1ccccc1S2. The average molecular weight is 283 g/mol. The van der Waals surface area contributed by atoms with E-state index in [-0.39, 0.29) is 5.78 Å². The molecule has 0 aromatic heterocycles. The second-order valence-corrected chi connectivity index (χ2v) is 6.54. The van der Waals surface area contributed by atoms with E-state index >= 15 is 0 Å². The fraction of sp³-hybridized carbons (Fsp3) is 0.235. The molecule has 2 aromatic carbocycles. The van der Waals surface area contributed by atoms with Gasteiger partial charge in [-0.25, -0.2) is 0 Å². The highest BCUT2D eigenvalue weighted by Crippen LogP contribution is 2.44. The maximum Gasteiger partial charge on any atom is 0.163 e. The van der Waals surface area contributed by atoms with Gasteiger partial charge in [0.05, 0.1) is 11.4 Å². The summed E-state index contributed by atoms with van der Waals surface area (Å²) < 4.78 is 0. The second-order valence-electron chi connectivity index (χ2n) is 5.46. The Morgan fingerprint density at radius 1 is 1.10 bits per heavy atom. The fourth-order valence-corrected chi connectivity index (χ4v) is 3.27. The summed E-state index contributed by atoms with van der Waals surface area (Å²) in [5.41, 5.74) is 2.94. The molecule has 1 aliphatic heterocycles. The fourth-order valence-electron chi connectivity index (χ4n) is 2.30. The van der Waals surface area contributed by atoms with Gasteiger partial charge in [-0.3, -0.25) is 4.79 Å². The molecular formula is C17H17NOS. The molecular weight excluding hydrogens is 266 g/mol. The first-order chi connectivity index (χ1) is 9.63. The van der Waals surface area contributed by atoms with Gasteiger partial charge in [0.15, 0.2) is 5.78 Å². The Kier molecular flexibility index (Phi) is 3.53. The molecule has 0 atom stereocenters. The molecule has 0 radical (unpaired) electrons. The van der Waals surface area contributed by atoms with Crippen LogP contribution in [0.1, 0.15) is 30.6 Å². The molecule has 0 unspecified atom stereocenters. The van der Waals surface area contributed by atoms with Crippen molar-refractivity contribution in [1.82, 2.24) is 0 Å². The lowest BCUT2D eigenvalue weighted by Crippen LogP contribution is -2.06. The number of carbonyl (C=O) groups is 1. The molecule has 2 aromatic rings. The van der Waals surface area contributed by atoms with E-state index in [1.165, 1.54) is 9.79 Å². The number of para-hydroxylation sites is 1. The first-order valence-corrected chi connectivity index (χ1v) is 7.66. The first kappa shape index (κ1) is 13.3. The van der Waals surface area contributed by atoms with Crippen LogP contribution in [0.4, 0.5) is 11.4 Å². The molecule has 0 aliphatic carbocycles. The van der Waals surface area contributed by atoms with Crippen molar-refractivity contribution in [3.05, 3.63) is 48.0 Å². The van der Waals surface area contributed by atoms with Crippen molar-refractivity contribution < 1.29 is 4.79 Å². The van der Waals surface area contributed by atoms with Gasteiger partial charge in [-0.05, 0) is 30.2 Å². The number of fused-ring (bicyclic) bond motifs is 2. The standard InChI is InChI=1S/C17H17NOS/c1-11(2)9-15(19)12-7-8-17-14(10-12)18-13-5-3-4-6-16(13)20-17/h3-8,10-11,18H,9H2,1-2H3. The molecule has 3 heteroatoms. The Labute approximate surface area is 123 Å². The van der Waals surface area contributed by atoms with Crippen LogP contribution in [0, 0.1) is 5.92 Å². The third-order valence-electron chi connectivity index (χ3n) is 3.27. The molecule has 0 bridgehead atoms. The van der Waals surface area contributed by atoms with Gasteiger partial charge in [-0.15, -0.1) is 0 Å². The third kappa shape index (κ3) is 2.59. The summed E-state index contributed by atoms with van der Waals surface area (Å²) in [6.07, 6.45) is 0.600. The number of benzene rings is 2. The van der Waals surface area contributed by atoms with E-state index in [9.17, 15) is 4.79 Å². The number of carbonyl (C=O) groups excluding carboxylic acids is 1. The topological polar surface area (TPSA) is 29.1 Å². The summed E-state index contributed by atoms with van der Waals surface area (Å²) in [4.78, 5) is 14.5. The summed E-state index contributed by atoms with van der Waals surface area (Å²) in [7, 11) is 0. The van der Waals surface area contributed by atoms with E-state index in [0.29, 0.717) is 12.3 Å². The smallest absolute Gasteiger partial charge is 0.163 e. The molecule has 0 saturated carbocycles. The molecule has 3 rings (SSSR count). The highest BCUT2D eigenvalue weighted by atomic mass is 32.2. The predicted octanol–water partition coefficient (Wildman–Crippen LogP) is 5.12. The maximum atomic E-state index is 12.2. The molecule has 1 N–H and O–H groups in total. The van der Waals surface area contributed by atoms with Crippen molar-refractivity contribution in [3.8, 4) is 0 Å². The van der Waals surface area contributed by atoms with Crippen molar-refractivity contribution in [2.45, 2.75) is 30.1 Å². The zero-order valence-electron chi connectivity index (χ0n) is 11.6. The van der Waals surface area contributed by atoms with Gasteiger partial charge >= 0.3 is 0 Å². The van der Waals surface area contributed by atoms with Crippen molar-refractivity contribution in [2.75, 3.05) is 5.32 Å². The lowest BCUT2D eigenvalue weighted by atomic mass is 10.0. The Morgan fingerprint density at radius 2 is 1.85 bits per heavy atom. The molecule has 0 amide bonds. The van der Waals surface area contributed by atoms with Gasteiger partial charge in [0.2, 0.25) is 0 Å². The lowest BCUT2D eigenvalue weighted by molar-refractivity contribution is 0.0968. The Hall–Kier alpha value is -1.74. The van der Waals surface area contributed by atoms with Gasteiger partial charge in [-0.2, -0.15) is 0 Å². The Bertz CT molecular complexity index is 664. The maximum absolute atomic E-state index is 12.2. The van der Waals surface area contributed by atoms with Crippen molar-refractivity contribution in [1.29, 1.82) is 0 Å². The number of hydrogen-bond acceptors (Lipinski definition) is 3. The van der Waals surface area contributed by atoms with Crippen LogP contribution in [0.5, 0.6) is 0 Å². The van der Waals surface area contributed by atoms with E-state index in [1.807, 2.05) is 30.3 Å². The molecule has 1 aliphatic rings. The highest BCUT2D eigenvalue weighted by molar-refractivity contribution is 7.99. The van der Waals surface area contributed by atoms with Gasteiger partial charge in [-0.1, -0.05) is 43.8 Å². The summed E-state index contributed by atoms with van der Waals surface area (Å²) in [5.74, 6) is 0.607. The summed E-state index contributed by atoms with van der Waals surface area (Å²) in [5, 5.41) is 3.42. The molecule has 102 valence electrons. The van der Waals surface area contributed by atoms with Gasteiger partial charge in [0.25, 0.3) is 0 Å². The van der Waals surface area contributed by atoms with Crippen LogP contribution in [0.2, 0.25) is 0 Å². The quantitative estimate of drug-likeness (QED) is 0.676. The van der Waals surface area contributed by atoms with Crippen LogP contribution in [0.25, 0.3) is 0 Å². The largest absolute Gasteiger partial charge is 0.354 e. The van der Waals surface area contributed by atoms with Crippen LogP contribution < -0.4 is 5.32 Å². The van der Waals surface area contributed by atoms with E-state index in [1.54, 1.807) is 11.8 Å². The minimum absolute atomic E-state index is 0.216. The Balaban J connectivity index is 1.90. The van der Waals surface area contributed by atoms with E-state index in [2.05, 4.69) is 31.3 Å². The van der Waals surface area contributed by atoms with E-state index in [4.69, 9.17) is 0 Å². The Morgan fingerprint density at radius 3 is 2.65 bits per heavy atom. The molecule has 1 heterocycles. The molecule has 2 nitrogen and oxygen atoms in total. The minimum atomic E-state index is 0.216. The molecule has 20 heavy (non-hydrogen) atoms. The molecule has 0 saturated heterocycles. The van der Waals surface area contributed by atoms with Crippen molar-refractivity contribution >= 4 is 28.9 Å². The molecule has 0 spiro atoms. The lowest BCUT2D eigenvalue weighted by Gasteiger charge is -2.21.